The zero-order chi connectivity index (χ0) is 33.3. The minimum absolute atomic E-state index is 0.00516. The Balaban J connectivity index is 1.60. The van der Waals surface area contributed by atoms with E-state index in [4.69, 9.17) is 28.9 Å². The first-order valence-electron chi connectivity index (χ1n) is 14.5. The molecule has 1 aromatic rings. The molecule has 0 amide bonds. The summed E-state index contributed by atoms with van der Waals surface area (Å²) in [5.74, 6) is -0.755. The summed E-state index contributed by atoms with van der Waals surface area (Å²) in [6.07, 6.45) is -6.11. The second-order valence-electron chi connectivity index (χ2n) is 11.5. The Labute approximate surface area is 261 Å². The van der Waals surface area contributed by atoms with Crippen molar-refractivity contribution < 1.29 is 69.3 Å². The van der Waals surface area contributed by atoms with Crippen LogP contribution in [0.4, 0.5) is 0 Å². The van der Waals surface area contributed by atoms with Gasteiger partial charge in [-0.2, -0.15) is 0 Å². The summed E-state index contributed by atoms with van der Waals surface area (Å²) >= 11 is 0. The van der Waals surface area contributed by atoms with Gasteiger partial charge in [-0.05, 0) is 57.9 Å². The number of benzene rings is 1. The van der Waals surface area contributed by atoms with Crippen LogP contribution in [0.2, 0.25) is 0 Å². The van der Waals surface area contributed by atoms with Crippen LogP contribution in [0.1, 0.15) is 39.7 Å². The molecule has 0 spiro atoms. The van der Waals surface area contributed by atoms with Crippen molar-refractivity contribution in [3.63, 3.8) is 0 Å². The third kappa shape index (κ3) is 10.4. The van der Waals surface area contributed by atoms with Crippen molar-refractivity contribution >= 4 is 12.0 Å². The summed E-state index contributed by atoms with van der Waals surface area (Å²) in [6.45, 7) is 6.05. The maximum Gasteiger partial charge on any atom is 0.331 e. The smallest absolute Gasteiger partial charge is 0.331 e. The van der Waals surface area contributed by atoms with Gasteiger partial charge in [-0.15, -0.1) is 0 Å². The molecule has 14 heteroatoms. The number of esters is 1. The van der Waals surface area contributed by atoms with Crippen LogP contribution in [0.5, 0.6) is 5.75 Å². The SMILES string of the molecule is C/C(=C\CO[C@@H]1O[C@H](CO)[C@@H](O)[C@H](O[C@@H]2O[C@@H](C)[C@H](OC(=O)/C=C/c3ccc(O)cc3)[C@@H](O)[C@H]2O)[C@H]1O)C/C=C/C(C)(C)OO. The minimum Gasteiger partial charge on any atom is -0.508 e. The molecule has 2 heterocycles. The van der Waals surface area contributed by atoms with E-state index in [1.165, 1.54) is 25.1 Å². The molecule has 2 aliphatic rings. The van der Waals surface area contributed by atoms with Crippen LogP contribution < -0.4 is 0 Å². The number of allylic oxidation sites excluding steroid dienone is 2. The van der Waals surface area contributed by atoms with E-state index >= 15 is 0 Å². The second kappa shape index (κ2) is 16.7. The number of aliphatic hydroxyl groups excluding tert-OH is 5. The van der Waals surface area contributed by atoms with E-state index in [9.17, 15) is 35.4 Å². The molecule has 45 heavy (non-hydrogen) atoms. The van der Waals surface area contributed by atoms with E-state index in [1.807, 2.05) is 6.92 Å². The van der Waals surface area contributed by atoms with E-state index in [1.54, 1.807) is 44.2 Å². The number of phenolic OH excluding ortho intramolecular Hbond substituents is 1. The lowest BCUT2D eigenvalue weighted by Crippen LogP contribution is -2.64. The van der Waals surface area contributed by atoms with Crippen LogP contribution >= 0.6 is 0 Å². The number of hydrogen-bond donors (Lipinski definition) is 7. The largest absolute Gasteiger partial charge is 0.508 e. The number of aromatic hydroxyl groups is 1. The number of carbonyl (C=O) groups is 1. The van der Waals surface area contributed by atoms with Crippen LogP contribution in [0.15, 0.2) is 54.1 Å². The third-order valence-electron chi connectivity index (χ3n) is 7.33. The Morgan fingerprint density at radius 3 is 2.31 bits per heavy atom. The number of ether oxygens (including phenoxy) is 5. The Bertz CT molecular complexity index is 1170. The molecule has 2 saturated heterocycles. The van der Waals surface area contributed by atoms with Crippen LogP contribution in [0.3, 0.4) is 0 Å². The minimum atomic E-state index is -1.76. The third-order valence-corrected chi connectivity index (χ3v) is 7.33. The van der Waals surface area contributed by atoms with Gasteiger partial charge in [0.1, 0.15) is 48.0 Å². The van der Waals surface area contributed by atoms with Gasteiger partial charge in [0.25, 0.3) is 0 Å². The standard InChI is InChI=1S/C31H44O14/c1-17(6-5-14-31(3,4)45-39)13-15-40-29-26(38)28(23(35)21(16-32)42-29)44-30-25(37)24(36)27(18(2)41-30)43-22(34)12-9-19-7-10-20(33)11-8-19/h5,7-14,18,21,23-30,32-33,35-39H,6,15-16H2,1-4H3/b12-9+,14-5+,17-13+/t18-,21+,23+,24-,25+,26+,27-,28-,29+,30-/m0/s1. The predicted octanol–water partition coefficient (Wildman–Crippen LogP) is 0.785. The summed E-state index contributed by atoms with van der Waals surface area (Å²) in [4.78, 5) is 16.7. The first kappa shape index (κ1) is 36.7. The zero-order valence-corrected chi connectivity index (χ0v) is 25.6. The molecular formula is C31H44O14. The maximum absolute atomic E-state index is 12.4. The van der Waals surface area contributed by atoms with Gasteiger partial charge in [-0.3, -0.25) is 5.26 Å². The van der Waals surface area contributed by atoms with Gasteiger partial charge >= 0.3 is 5.97 Å². The molecule has 0 unspecified atom stereocenters. The topological polar surface area (TPSA) is 214 Å². The van der Waals surface area contributed by atoms with E-state index in [-0.39, 0.29) is 12.4 Å². The second-order valence-corrected chi connectivity index (χ2v) is 11.5. The van der Waals surface area contributed by atoms with Crippen LogP contribution in [-0.2, 0) is 33.4 Å². The molecule has 252 valence electrons. The van der Waals surface area contributed by atoms with Gasteiger partial charge in [-0.25, -0.2) is 9.68 Å². The predicted molar refractivity (Wildman–Crippen MR) is 157 cm³/mol. The molecule has 10 atom stereocenters. The van der Waals surface area contributed by atoms with Crippen molar-refractivity contribution in [1.29, 1.82) is 0 Å². The Kier molecular flexibility index (Phi) is 13.6. The maximum atomic E-state index is 12.4. The van der Waals surface area contributed by atoms with Gasteiger partial charge in [0.05, 0.1) is 19.3 Å². The normalized spacial score (nSPS) is 33.2. The summed E-state index contributed by atoms with van der Waals surface area (Å²) < 4.78 is 27.9. The average Bonchev–Trinajstić information content (AvgIpc) is 3.00. The Morgan fingerprint density at radius 2 is 1.67 bits per heavy atom. The zero-order valence-electron chi connectivity index (χ0n) is 25.6. The molecule has 0 aromatic heterocycles. The van der Waals surface area contributed by atoms with Gasteiger partial charge < -0.3 is 54.3 Å². The van der Waals surface area contributed by atoms with Crippen molar-refractivity contribution in [2.24, 2.45) is 0 Å². The van der Waals surface area contributed by atoms with Crippen LogP contribution in [0.25, 0.3) is 6.08 Å². The van der Waals surface area contributed by atoms with Gasteiger partial charge in [0.15, 0.2) is 18.7 Å². The van der Waals surface area contributed by atoms with E-state index in [2.05, 4.69) is 4.89 Å². The van der Waals surface area contributed by atoms with E-state index < -0.39 is 79.6 Å². The molecule has 0 bridgehead atoms. The molecule has 2 aliphatic heterocycles. The highest BCUT2D eigenvalue weighted by Crippen LogP contribution is 2.30. The van der Waals surface area contributed by atoms with Crippen molar-refractivity contribution in [1.82, 2.24) is 0 Å². The van der Waals surface area contributed by atoms with E-state index in [0.29, 0.717) is 12.0 Å². The summed E-state index contributed by atoms with van der Waals surface area (Å²) in [5.41, 5.74) is 0.666. The summed E-state index contributed by atoms with van der Waals surface area (Å²) in [6, 6.07) is 6.05. The molecule has 0 aliphatic carbocycles. The Hall–Kier alpha value is -2.73. The monoisotopic (exact) mass is 640 g/mol. The number of rotatable bonds is 13. The van der Waals surface area contributed by atoms with Gasteiger partial charge in [0, 0.05) is 6.08 Å². The quantitative estimate of drug-likeness (QED) is 0.0522. The number of carbonyl (C=O) groups excluding carboxylic acids is 1. The highest BCUT2D eigenvalue weighted by Gasteiger charge is 2.51. The fourth-order valence-electron chi connectivity index (χ4n) is 4.64. The van der Waals surface area contributed by atoms with Gasteiger partial charge in [0.2, 0.25) is 0 Å². The van der Waals surface area contributed by atoms with E-state index in [0.717, 1.165) is 11.6 Å². The lowest BCUT2D eigenvalue weighted by Gasteiger charge is -2.46. The van der Waals surface area contributed by atoms with Gasteiger partial charge in [-0.1, -0.05) is 35.9 Å². The van der Waals surface area contributed by atoms with Crippen molar-refractivity contribution in [3.05, 3.63) is 59.7 Å². The molecule has 3 rings (SSSR count). The Morgan fingerprint density at radius 1 is 0.978 bits per heavy atom. The molecule has 14 nitrogen and oxygen atoms in total. The molecular weight excluding hydrogens is 596 g/mol. The lowest BCUT2D eigenvalue weighted by atomic mass is 9.97. The lowest BCUT2D eigenvalue weighted by molar-refractivity contribution is -0.356. The summed E-state index contributed by atoms with van der Waals surface area (Å²) in [7, 11) is 0. The van der Waals surface area contributed by atoms with Crippen LogP contribution in [-0.4, -0.2) is 122 Å². The number of aliphatic hydroxyl groups is 5. The van der Waals surface area contributed by atoms with Crippen molar-refractivity contribution in [2.45, 2.75) is 101 Å². The van der Waals surface area contributed by atoms with Crippen molar-refractivity contribution in [3.8, 4) is 5.75 Å². The first-order valence-corrected chi connectivity index (χ1v) is 14.5. The number of phenols is 1. The van der Waals surface area contributed by atoms with Crippen molar-refractivity contribution in [2.75, 3.05) is 13.2 Å². The number of hydrogen-bond acceptors (Lipinski definition) is 14. The fourth-order valence-corrected chi connectivity index (χ4v) is 4.64. The molecule has 1 aromatic carbocycles. The molecule has 0 radical (unpaired) electrons. The van der Waals surface area contributed by atoms with Crippen LogP contribution in [0, 0.1) is 0 Å². The highest BCUT2D eigenvalue weighted by atomic mass is 17.1. The molecule has 0 saturated carbocycles. The summed E-state index contributed by atoms with van der Waals surface area (Å²) in [5, 5.41) is 71.2. The average molecular weight is 641 g/mol. The fraction of sp³-hybridized carbons (Fsp3) is 0.581. The molecule has 2 fully saturated rings. The molecule has 7 N–H and O–H groups in total. The first-order chi connectivity index (χ1) is 21.3. The highest BCUT2D eigenvalue weighted by molar-refractivity contribution is 5.87.